The molecular weight excluding hydrogens is 476 g/mol. The Labute approximate surface area is 225 Å². The summed E-state index contributed by atoms with van der Waals surface area (Å²) in [5.41, 5.74) is 19.1. The second kappa shape index (κ2) is 11.3. The standard InChI is InChI=1S/C31H38N4O3/c1-6-35(33-5)28-12-11-26(21(4)30(28)32)27(17-29(36)37)23-10-9-22-13-14-34(18-25(22)16-23)31(38)24-8-7-19(2)20(3)15-24/h7-12,15-16,27,33H,6,13-14,17-18,32H2,1-5H3,(H,36,37). The van der Waals surface area contributed by atoms with E-state index in [0.717, 1.165) is 52.0 Å². The van der Waals surface area contributed by atoms with Crippen molar-refractivity contribution >= 4 is 23.3 Å². The van der Waals surface area contributed by atoms with Gasteiger partial charge in [0.25, 0.3) is 5.91 Å². The largest absolute Gasteiger partial charge is 0.481 e. The molecule has 3 aromatic carbocycles. The van der Waals surface area contributed by atoms with Gasteiger partial charge in [0.05, 0.1) is 17.8 Å². The van der Waals surface area contributed by atoms with Gasteiger partial charge in [-0.1, -0.05) is 30.3 Å². The van der Waals surface area contributed by atoms with Crippen LogP contribution < -0.4 is 16.2 Å². The predicted molar refractivity (Wildman–Crippen MR) is 153 cm³/mol. The maximum Gasteiger partial charge on any atom is 0.304 e. The van der Waals surface area contributed by atoms with Gasteiger partial charge >= 0.3 is 5.97 Å². The van der Waals surface area contributed by atoms with Crippen molar-refractivity contribution in [3.8, 4) is 0 Å². The van der Waals surface area contributed by atoms with Crippen molar-refractivity contribution in [3.05, 3.63) is 93.0 Å². The van der Waals surface area contributed by atoms with Crippen LogP contribution >= 0.6 is 0 Å². The number of hydrogen-bond donors (Lipinski definition) is 3. The number of carbonyl (C=O) groups excluding carboxylic acids is 1. The lowest BCUT2D eigenvalue weighted by Gasteiger charge is -2.31. The number of rotatable bonds is 8. The number of hydrogen-bond acceptors (Lipinski definition) is 5. The Kier molecular flexibility index (Phi) is 8.07. The summed E-state index contributed by atoms with van der Waals surface area (Å²) in [5, 5.41) is 11.8. The summed E-state index contributed by atoms with van der Waals surface area (Å²) in [6.45, 7) is 9.95. The molecule has 38 heavy (non-hydrogen) atoms. The number of amides is 1. The number of benzene rings is 3. The highest BCUT2D eigenvalue weighted by Crippen LogP contribution is 2.37. The molecule has 4 rings (SSSR count). The second-order valence-corrected chi connectivity index (χ2v) is 10.1. The number of anilines is 2. The first-order chi connectivity index (χ1) is 18.1. The Morgan fingerprint density at radius 3 is 2.47 bits per heavy atom. The van der Waals surface area contributed by atoms with Crippen molar-refractivity contribution in [2.75, 3.05) is 30.9 Å². The third-order valence-corrected chi connectivity index (χ3v) is 7.85. The lowest BCUT2D eigenvalue weighted by atomic mass is 9.83. The smallest absolute Gasteiger partial charge is 0.304 e. The van der Waals surface area contributed by atoms with Gasteiger partial charge in [0, 0.05) is 38.2 Å². The van der Waals surface area contributed by atoms with E-state index in [1.807, 2.05) is 81.0 Å². The quantitative estimate of drug-likeness (QED) is 0.290. The number of nitrogens with zero attached hydrogens (tertiary/aromatic N) is 2. The monoisotopic (exact) mass is 514 g/mol. The molecule has 200 valence electrons. The van der Waals surface area contributed by atoms with Crippen LogP contribution in [0, 0.1) is 20.8 Å². The minimum absolute atomic E-state index is 0.0236. The van der Waals surface area contributed by atoms with E-state index in [4.69, 9.17) is 5.73 Å². The van der Waals surface area contributed by atoms with E-state index in [1.54, 1.807) is 0 Å². The summed E-state index contributed by atoms with van der Waals surface area (Å²) in [5.74, 6) is -1.20. The number of nitrogen functional groups attached to an aromatic ring is 1. The van der Waals surface area contributed by atoms with Crippen LogP contribution in [0.25, 0.3) is 0 Å². The molecular formula is C31H38N4O3. The van der Waals surface area contributed by atoms with E-state index >= 15 is 0 Å². The molecule has 0 spiro atoms. The molecule has 0 fully saturated rings. The Morgan fingerprint density at radius 2 is 1.82 bits per heavy atom. The summed E-state index contributed by atoms with van der Waals surface area (Å²) in [7, 11) is 1.85. The second-order valence-electron chi connectivity index (χ2n) is 10.1. The molecule has 0 saturated heterocycles. The van der Waals surface area contributed by atoms with Crippen LogP contribution in [0.4, 0.5) is 11.4 Å². The number of carboxylic acids is 1. The lowest BCUT2D eigenvalue weighted by Crippen LogP contribution is -2.36. The minimum Gasteiger partial charge on any atom is -0.481 e. The summed E-state index contributed by atoms with van der Waals surface area (Å²) in [6.07, 6.45) is 0.723. The fourth-order valence-electron chi connectivity index (χ4n) is 5.40. The van der Waals surface area contributed by atoms with Crippen LogP contribution in [0.2, 0.25) is 0 Å². The molecule has 4 N–H and O–H groups in total. The topological polar surface area (TPSA) is 98.9 Å². The number of hydrazine groups is 1. The molecule has 0 aromatic heterocycles. The van der Waals surface area contributed by atoms with Crippen molar-refractivity contribution in [3.63, 3.8) is 0 Å². The molecule has 7 nitrogen and oxygen atoms in total. The van der Waals surface area contributed by atoms with Gasteiger partial charge < -0.3 is 20.7 Å². The van der Waals surface area contributed by atoms with Crippen molar-refractivity contribution in [1.82, 2.24) is 10.3 Å². The Morgan fingerprint density at radius 1 is 1.05 bits per heavy atom. The Balaban J connectivity index is 1.67. The Hall–Kier alpha value is -3.84. The number of carbonyl (C=O) groups is 2. The van der Waals surface area contributed by atoms with Gasteiger partial charge in [0.15, 0.2) is 0 Å². The van der Waals surface area contributed by atoms with E-state index in [2.05, 4.69) is 17.6 Å². The minimum atomic E-state index is -0.869. The molecule has 1 amide bonds. The van der Waals surface area contributed by atoms with E-state index in [1.165, 1.54) is 5.56 Å². The number of nitrogens with two attached hydrogens (primary N) is 1. The fraction of sp³-hybridized carbons (Fsp3) is 0.355. The van der Waals surface area contributed by atoms with Crippen LogP contribution in [0.5, 0.6) is 0 Å². The van der Waals surface area contributed by atoms with E-state index < -0.39 is 5.97 Å². The van der Waals surface area contributed by atoms with Crippen LogP contribution in [-0.2, 0) is 17.8 Å². The zero-order valence-corrected chi connectivity index (χ0v) is 23.0. The number of aryl methyl sites for hydroxylation is 2. The molecule has 0 aliphatic carbocycles. The van der Waals surface area contributed by atoms with Gasteiger partial charge in [0.2, 0.25) is 0 Å². The van der Waals surface area contributed by atoms with Crippen molar-refractivity contribution in [1.29, 1.82) is 0 Å². The lowest BCUT2D eigenvalue weighted by molar-refractivity contribution is -0.137. The first-order valence-electron chi connectivity index (χ1n) is 13.2. The van der Waals surface area contributed by atoms with Crippen LogP contribution in [0.15, 0.2) is 48.5 Å². The van der Waals surface area contributed by atoms with Crippen molar-refractivity contribution in [2.24, 2.45) is 0 Å². The highest BCUT2D eigenvalue weighted by Gasteiger charge is 2.26. The maximum atomic E-state index is 13.3. The number of carboxylic acid groups (broad SMARTS) is 1. The normalized spacial score (nSPS) is 13.7. The fourth-order valence-corrected chi connectivity index (χ4v) is 5.40. The molecule has 3 aromatic rings. The summed E-state index contributed by atoms with van der Waals surface area (Å²) in [4.78, 5) is 27.1. The van der Waals surface area contributed by atoms with Crippen LogP contribution in [0.1, 0.15) is 68.6 Å². The number of aliphatic carboxylic acids is 1. The molecule has 0 radical (unpaired) electrons. The molecule has 1 aliphatic rings. The van der Waals surface area contributed by atoms with Crippen molar-refractivity contribution < 1.29 is 14.7 Å². The van der Waals surface area contributed by atoms with Crippen molar-refractivity contribution in [2.45, 2.75) is 53.0 Å². The zero-order chi connectivity index (χ0) is 27.6. The van der Waals surface area contributed by atoms with Gasteiger partial charge in [-0.15, -0.1) is 0 Å². The predicted octanol–water partition coefficient (Wildman–Crippen LogP) is 4.96. The average Bonchev–Trinajstić information content (AvgIpc) is 2.91. The zero-order valence-electron chi connectivity index (χ0n) is 23.0. The summed E-state index contributed by atoms with van der Waals surface area (Å²) < 4.78 is 0. The summed E-state index contributed by atoms with van der Waals surface area (Å²) in [6, 6.07) is 16.0. The number of fused-ring (bicyclic) bond motifs is 1. The number of nitrogens with one attached hydrogen (secondary N) is 1. The highest BCUT2D eigenvalue weighted by atomic mass is 16.4. The van der Waals surface area contributed by atoms with E-state index in [9.17, 15) is 14.7 Å². The van der Waals surface area contributed by atoms with Gasteiger partial charge in [0.1, 0.15) is 0 Å². The first-order valence-corrected chi connectivity index (χ1v) is 13.2. The van der Waals surface area contributed by atoms with E-state index in [-0.39, 0.29) is 18.2 Å². The van der Waals surface area contributed by atoms with E-state index in [0.29, 0.717) is 24.3 Å². The third kappa shape index (κ3) is 5.38. The molecule has 1 unspecified atom stereocenters. The summed E-state index contributed by atoms with van der Waals surface area (Å²) >= 11 is 0. The van der Waals surface area contributed by atoms with Gasteiger partial charge in [-0.25, -0.2) is 5.43 Å². The highest BCUT2D eigenvalue weighted by molar-refractivity contribution is 5.94. The first kappa shape index (κ1) is 27.2. The maximum absolute atomic E-state index is 13.3. The third-order valence-electron chi connectivity index (χ3n) is 7.85. The van der Waals surface area contributed by atoms with Gasteiger partial charge in [-0.2, -0.15) is 0 Å². The molecule has 1 heterocycles. The SMILES string of the molecule is CCN(NC)c1ccc(C(CC(=O)O)c2ccc3c(c2)CN(C(=O)c2ccc(C)c(C)c2)CC3)c(C)c1N. The van der Waals surface area contributed by atoms with Gasteiger partial charge in [-0.05, 0) is 91.3 Å². The van der Waals surface area contributed by atoms with Gasteiger partial charge in [-0.3, -0.25) is 9.59 Å². The average molecular weight is 515 g/mol. The molecule has 0 bridgehead atoms. The molecule has 1 aliphatic heterocycles. The van der Waals surface area contributed by atoms with Crippen LogP contribution in [0.3, 0.4) is 0 Å². The molecule has 0 saturated carbocycles. The Bertz CT molecular complexity index is 1360. The van der Waals surface area contributed by atoms with Crippen LogP contribution in [-0.4, -0.2) is 42.0 Å². The molecule has 7 heteroatoms. The molecule has 1 atom stereocenters.